The van der Waals surface area contributed by atoms with Gasteiger partial charge in [0.05, 0.1) is 19.2 Å². The maximum Gasteiger partial charge on any atom is 0.340 e. The quantitative estimate of drug-likeness (QED) is 0.613. The number of aromatic nitrogens is 2. The molecule has 0 aliphatic carbocycles. The van der Waals surface area contributed by atoms with Crippen molar-refractivity contribution < 1.29 is 23.5 Å². The van der Waals surface area contributed by atoms with E-state index in [1.165, 1.54) is 24.1 Å². The molecule has 1 unspecified atom stereocenters. The number of H-pyrrole nitrogens is 1. The molecule has 0 bridgehead atoms. The molecule has 2 aliphatic heterocycles. The van der Waals surface area contributed by atoms with Crippen LogP contribution in [0.5, 0.6) is 5.88 Å². The first-order chi connectivity index (χ1) is 15.4. The van der Waals surface area contributed by atoms with Crippen LogP contribution in [0.2, 0.25) is 0 Å². The summed E-state index contributed by atoms with van der Waals surface area (Å²) in [6.07, 6.45) is 0. The fraction of sp³-hybridized carbons (Fsp3) is 0.174. The number of amides is 1. The third-order valence-electron chi connectivity index (χ3n) is 5.90. The van der Waals surface area contributed by atoms with Gasteiger partial charge in [-0.1, -0.05) is 30.3 Å². The van der Waals surface area contributed by atoms with E-state index in [0.717, 1.165) is 0 Å². The minimum atomic E-state index is -1.62. The zero-order valence-electron chi connectivity index (χ0n) is 17.3. The Balaban J connectivity index is 1.80. The molecule has 32 heavy (non-hydrogen) atoms. The number of rotatable bonds is 3. The van der Waals surface area contributed by atoms with Gasteiger partial charge in [0, 0.05) is 16.9 Å². The van der Waals surface area contributed by atoms with Gasteiger partial charge in [-0.15, -0.1) is 5.10 Å². The zero-order valence-corrected chi connectivity index (χ0v) is 17.3. The number of methoxy groups -OCH3 is 1. The summed E-state index contributed by atoms with van der Waals surface area (Å²) in [6.45, 7) is 1.83. The average molecular weight is 434 g/mol. The molecule has 2 aliphatic rings. The summed E-state index contributed by atoms with van der Waals surface area (Å²) in [7, 11) is 1.21. The van der Waals surface area contributed by atoms with E-state index >= 15 is 0 Å². The van der Waals surface area contributed by atoms with Crippen LogP contribution in [0.3, 0.4) is 0 Å². The molecule has 3 N–H and O–H groups in total. The van der Waals surface area contributed by atoms with Crippen LogP contribution < -0.4 is 15.4 Å². The molecule has 3 heterocycles. The highest BCUT2D eigenvalue weighted by Crippen LogP contribution is 2.56. The molecule has 8 nitrogen and oxygen atoms in total. The molecule has 3 aromatic rings. The first-order valence-electron chi connectivity index (χ1n) is 9.87. The minimum Gasteiger partial charge on any atom is -0.465 e. The van der Waals surface area contributed by atoms with Crippen molar-refractivity contribution in [1.29, 1.82) is 0 Å². The van der Waals surface area contributed by atoms with Crippen molar-refractivity contribution in [3.05, 3.63) is 88.2 Å². The van der Waals surface area contributed by atoms with E-state index in [1.807, 2.05) is 0 Å². The number of hydrogen-bond acceptors (Lipinski definition) is 6. The van der Waals surface area contributed by atoms with Gasteiger partial charge >= 0.3 is 5.97 Å². The fourth-order valence-corrected chi connectivity index (χ4v) is 4.65. The molecule has 0 saturated carbocycles. The predicted molar refractivity (Wildman–Crippen MR) is 112 cm³/mol. The Bertz CT molecular complexity index is 1310. The van der Waals surface area contributed by atoms with Crippen molar-refractivity contribution in [3.8, 4) is 5.88 Å². The first kappa shape index (κ1) is 19.8. The van der Waals surface area contributed by atoms with Gasteiger partial charge in [-0.05, 0) is 30.7 Å². The topological polar surface area (TPSA) is 111 Å². The normalized spacial score (nSPS) is 19.1. The van der Waals surface area contributed by atoms with Crippen LogP contribution in [-0.2, 0) is 26.3 Å². The smallest absolute Gasteiger partial charge is 0.340 e. The summed E-state index contributed by atoms with van der Waals surface area (Å²) in [5.41, 5.74) is 7.07. The maximum absolute atomic E-state index is 14.3. The lowest BCUT2D eigenvalue weighted by Gasteiger charge is -2.34. The van der Waals surface area contributed by atoms with Crippen LogP contribution >= 0.6 is 0 Å². The number of nitrogens with zero attached hydrogens (tertiary/aromatic N) is 2. The number of halogens is 1. The molecule has 1 aromatic heterocycles. The van der Waals surface area contributed by atoms with E-state index in [1.54, 1.807) is 43.3 Å². The number of aryl methyl sites for hydroxylation is 1. The zero-order chi connectivity index (χ0) is 22.6. The van der Waals surface area contributed by atoms with Crippen molar-refractivity contribution in [3.63, 3.8) is 0 Å². The summed E-state index contributed by atoms with van der Waals surface area (Å²) in [4.78, 5) is 28.7. The van der Waals surface area contributed by atoms with E-state index in [0.29, 0.717) is 28.1 Å². The Morgan fingerprint density at radius 1 is 1.28 bits per heavy atom. The summed E-state index contributed by atoms with van der Waals surface area (Å²) in [6, 6.07) is 13.1. The largest absolute Gasteiger partial charge is 0.465 e. The Morgan fingerprint density at radius 2 is 2.06 bits per heavy atom. The van der Waals surface area contributed by atoms with Gasteiger partial charge in [-0.25, -0.2) is 9.18 Å². The average Bonchev–Trinajstić information content (AvgIpc) is 3.25. The summed E-state index contributed by atoms with van der Waals surface area (Å²) in [5.74, 6) is -1.77. The van der Waals surface area contributed by atoms with E-state index in [4.69, 9.17) is 15.2 Å². The van der Waals surface area contributed by atoms with Crippen LogP contribution in [0.4, 0.5) is 10.1 Å². The highest BCUT2D eigenvalue weighted by molar-refractivity contribution is 6.18. The number of fused-ring (bicyclic) bond motifs is 4. The monoisotopic (exact) mass is 434 g/mol. The van der Waals surface area contributed by atoms with Crippen molar-refractivity contribution in [2.75, 3.05) is 12.0 Å². The number of nitrogens with one attached hydrogen (secondary N) is 1. The molecule has 5 rings (SSSR count). The van der Waals surface area contributed by atoms with Crippen LogP contribution in [0.1, 0.15) is 22.4 Å². The second-order valence-corrected chi connectivity index (χ2v) is 7.65. The Labute approximate surface area is 182 Å². The van der Waals surface area contributed by atoms with E-state index in [2.05, 4.69) is 10.2 Å². The van der Waals surface area contributed by atoms with Gasteiger partial charge in [-0.2, -0.15) is 0 Å². The van der Waals surface area contributed by atoms with Crippen LogP contribution in [0.15, 0.2) is 60.0 Å². The minimum absolute atomic E-state index is 0.0941. The summed E-state index contributed by atoms with van der Waals surface area (Å²) >= 11 is 0. The molecule has 0 fully saturated rings. The number of hydrogen-bond donors (Lipinski definition) is 2. The molecular formula is C23H19FN4O4. The summed E-state index contributed by atoms with van der Waals surface area (Å²) in [5, 5.41) is 6.96. The number of aromatic amines is 1. The molecule has 0 radical (unpaired) electrons. The van der Waals surface area contributed by atoms with E-state index in [9.17, 15) is 14.0 Å². The number of carbonyl (C=O) groups excluding carboxylic acids is 2. The van der Waals surface area contributed by atoms with Crippen molar-refractivity contribution in [1.82, 2.24) is 10.2 Å². The Kier molecular flexibility index (Phi) is 4.30. The molecule has 0 saturated heterocycles. The van der Waals surface area contributed by atoms with Crippen molar-refractivity contribution >= 4 is 17.6 Å². The molecule has 162 valence electrons. The van der Waals surface area contributed by atoms with Gasteiger partial charge < -0.3 is 20.1 Å². The van der Waals surface area contributed by atoms with Gasteiger partial charge in [0.25, 0.3) is 0 Å². The number of esters is 1. The van der Waals surface area contributed by atoms with Crippen molar-refractivity contribution in [2.45, 2.75) is 18.9 Å². The number of ether oxygens (including phenoxy) is 2. The first-order valence-corrected chi connectivity index (χ1v) is 9.87. The second-order valence-electron chi connectivity index (χ2n) is 7.65. The molecule has 1 atom stereocenters. The molecule has 1 spiro atoms. The fourth-order valence-electron chi connectivity index (χ4n) is 4.65. The van der Waals surface area contributed by atoms with E-state index in [-0.39, 0.29) is 23.9 Å². The van der Waals surface area contributed by atoms with Crippen LogP contribution in [0.25, 0.3) is 0 Å². The highest BCUT2D eigenvalue weighted by atomic mass is 19.1. The number of benzene rings is 2. The standard InChI is InChI=1S/C23H19FN4O4/c1-12-17-20(27-26-12)32-19(25)18(21(29)31-2)23(17)15-8-3-4-9-16(15)28(22(23)30)11-13-6-5-7-14(24)10-13/h3-10H,11,25H2,1-2H3,(H,26,27). The lowest BCUT2D eigenvalue weighted by molar-refractivity contribution is -0.138. The summed E-state index contributed by atoms with van der Waals surface area (Å²) < 4.78 is 24.4. The van der Waals surface area contributed by atoms with Crippen LogP contribution in [0, 0.1) is 12.7 Å². The lowest BCUT2D eigenvalue weighted by Crippen LogP contribution is -2.48. The van der Waals surface area contributed by atoms with Gasteiger partial charge in [-0.3, -0.25) is 9.89 Å². The second kappa shape index (κ2) is 6.94. The Morgan fingerprint density at radius 3 is 2.81 bits per heavy atom. The molecule has 2 aromatic carbocycles. The number of para-hydroxylation sites is 1. The van der Waals surface area contributed by atoms with Gasteiger partial charge in [0.15, 0.2) is 0 Å². The molecular weight excluding hydrogens is 415 g/mol. The number of anilines is 1. The van der Waals surface area contributed by atoms with Crippen molar-refractivity contribution in [2.24, 2.45) is 5.73 Å². The predicted octanol–water partition coefficient (Wildman–Crippen LogP) is 2.43. The van der Waals surface area contributed by atoms with E-state index < -0.39 is 23.1 Å². The van der Waals surface area contributed by atoms with Crippen LogP contribution in [-0.4, -0.2) is 29.2 Å². The highest BCUT2D eigenvalue weighted by Gasteiger charge is 2.62. The molecule has 9 heteroatoms. The number of carbonyl (C=O) groups is 2. The third-order valence-corrected chi connectivity index (χ3v) is 5.90. The molecule has 1 amide bonds. The Hall–Kier alpha value is -4.14. The van der Waals surface area contributed by atoms with Gasteiger partial charge in [0.1, 0.15) is 16.8 Å². The lowest BCUT2D eigenvalue weighted by atomic mass is 9.68. The maximum atomic E-state index is 14.3. The SMILES string of the molecule is COC(=O)C1=C(N)Oc2n[nH]c(C)c2C12C(=O)N(Cc1cccc(F)c1)c1ccccc12. The number of nitrogens with two attached hydrogens (primary N) is 1. The third kappa shape index (κ3) is 2.51. The van der Waals surface area contributed by atoms with Gasteiger partial charge in [0.2, 0.25) is 17.7 Å².